The van der Waals surface area contributed by atoms with E-state index in [9.17, 15) is 13.5 Å². The van der Waals surface area contributed by atoms with Crippen molar-refractivity contribution >= 4 is 37.5 Å². The first kappa shape index (κ1) is 21.4. The minimum atomic E-state index is -3.57. The molecule has 0 bridgehead atoms. The molecule has 0 aliphatic carbocycles. The smallest absolute Gasteiger partial charge is 0.232 e. The van der Waals surface area contributed by atoms with Crippen molar-refractivity contribution < 1.29 is 13.5 Å². The van der Waals surface area contributed by atoms with E-state index >= 15 is 0 Å². The third-order valence-corrected chi connectivity index (χ3v) is 6.87. The van der Waals surface area contributed by atoms with Crippen molar-refractivity contribution in [3.05, 3.63) is 77.4 Å². The first-order chi connectivity index (χ1) is 14.7. The van der Waals surface area contributed by atoms with Gasteiger partial charge in [0, 0.05) is 21.8 Å². The van der Waals surface area contributed by atoms with Gasteiger partial charge in [0.2, 0.25) is 10.0 Å². The van der Waals surface area contributed by atoms with Crippen molar-refractivity contribution in [3.8, 4) is 0 Å². The highest BCUT2D eigenvalue weighted by Crippen LogP contribution is 2.31. The topological polar surface area (TPSA) is 62.5 Å². The van der Waals surface area contributed by atoms with Crippen molar-refractivity contribution in [2.45, 2.75) is 33.4 Å². The van der Waals surface area contributed by atoms with E-state index in [-0.39, 0.29) is 6.54 Å². The summed E-state index contributed by atoms with van der Waals surface area (Å²) in [5, 5.41) is 13.3. The molecule has 0 radical (unpaired) electrons. The van der Waals surface area contributed by atoms with Crippen LogP contribution in [-0.2, 0) is 16.6 Å². The zero-order chi connectivity index (χ0) is 22.3. The maximum Gasteiger partial charge on any atom is 0.232 e. The molecule has 1 unspecified atom stereocenters. The van der Waals surface area contributed by atoms with Crippen LogP contribution in [0.4, 0.5) is 5.69 Å². The van der Waals surface area contributed by atoms with Gasteiger partial charge in [0.25, 0.3) is 0 Å². The molecule has 31 heavy (non-hydrogen) atoms. The van der Waals surface area contributed by atoms with E-state index < -0.39 is 16.1 Å². The third kappa shape index (κ3) is 4.05. The summed E-state index contributed by atoms with van der Waals surface area (Å²) in [5.74, 6) is 0. The van der Waals surface area contributed by atoms with E-state index in [1.54, 1.807) is 0 Å². The van der Waals surface area contributed by atoms with Crippen LogP contribution in [0.25, 0.3) is 21.8 Å². The van der Waals surface area contributed by atoms with Crippen LogP contribution < -0.4 is 4.31 Å². The van der Waals surface area contributed by atoms with Crippen LogP contribution in [0.1, 0.15) is 16.7 Å². The van der Waals surface area contributed by atoms with E-state index in [1.165, 1.54) is 10.6 Å². The van der Waals surface area contributed by atoms with Crippen LogP contribution in [-0.4, -0.2) is 37.0 Å². The molecule has 5 nitrogen and oxygen atoms in total. The molecule has 0 aliphatic rings. The largest absolute Gasteiger partial charge is 0.389 e. The summed E-state index contributed by atoms with van der Waals surface area (Å²) in [5.41, 5.74) is 5.54. The number of para-hydroxylation sites is 2. The number of fused-ring (bicyclic) bond motifs is 3. The number of sulfonamides is 1. The van der Waals surface area contributed by atoms with Crippen LogP contribution in [0.15, 0.2) is 60.7 Å². The van der Waals surface area contributed by atoms with Crippen LogP contribution in [0.2, 0.25) is 0 Å². The number of hydrogen-bond donors (Lipinski definition) is 1. The van der Waals surface area contributed by atoms with Crippen molar-refractivity contribution in [1.29, 1.82) is 0 Å². The Labute approximate surface area is 183 Å². The molecular formula is C25H28N2O3S. The molecule has 1 atom stereocenters. The first-order valence-electron chi connectivity index (χ1n) is 10.4. The first-order valence-corrected chi connectivity index (χ1v) is 12.2. The summed E-state index contributed by atoms with van der Waals surface area (Å²) < 4.78 is 28.8. The summed E-state index contributed by atoms with van der Waals surface area (Å²) in [6, 6.07) is 20.1. The average Bonchev–Trinajstić information content (AvgIpc) is 3.00. The van der Waals surface area contributed by atoms with Gasteiger partial charge in [0.05, 0.1) is 31.1 Å². The fraction of sp³-hybridized carbons (Fsp3) is 0.280. The van der Waals surface area contributed by atoms with Gasteiger partial charge in [-0.1, -0.05) is 54.1 Å². The standard InChI is InChI=1S/C25H28N2O3S/c1-17-13-18(2)25(19(3)14-17)27(31(4,29)30)16-20(28)15-26-23-11-7-5-9-21(23)22-10-6-8-12-24(22)26/h5-14,20,28H,15-16H2,1-4H3. The minimum Gasteiger partial charge on any atom is -0.389 e. The molecule has 3 aromatic carbocycles. The number of hydrogen-bond acceptors (Lipinski definition) is 3. The van der Waals surface area contributed by atoms with Gasteiger partial charge in [-0.25, -0.2) is 8.42 Å². The summed E-state index contributed by atoms with van der Waals surface area (Å²) in [4.78, 5) is 0. The second-order valence-electron chi connectivity index (χ2n) is 8.34. The lowest BCUT2D eigenvalue weighted by Gasteiger charge is -2.28. The highest BCUT2D eigenvalue weighted by molar-refractivity contribution is 7.92. The van der Waals surface area contributed by atoms with Crippen LogP contribution >= 0.6 is 0 Å². The van der Waals surface area contributed by atoms with Gasteiger partial charge >= 0.3 is 0 Å². The number of aliphatic hydroxyl groups is 1. The molecule has 4 rings (SSSR count). The highest BCUT2D eigenvalue weighted by Gasteiger charge is 2.25. The van der Waals surface area contributed by atoms with Crippen LogP contribution in [0.3, 0.4) is 0 Å². The van der Waals surface area contributed by atoms with Crippen molar-refractivity contribution in [2.75, 3.05) is 17.1 Å². The van der Waals surface area contributed by atoms with Gasteiger partial charge < -0.3 is 9.67 Å². The molecule has 1 N–H and O–H groups in total. The Balaban J connectivity index is 1.73. The lowest BCUT2D eigenvalue weighted by molar-refractivity contribution is 0.166. The van der Waals surface area contributed by atoms with Gasteiger partial charge in [0.1, 0.15) is 0 Å². The SMILES string of the molecule is Cc1cc(C)c(N(CC(O)Cn2c3ccccc3c3ccccc32)S(C)(=O)=O)c(C)c1. The van der Waals surface area contributed by atoms with Gasteiger partial charge in [0.15, 0.2) is 0 Å². The molecule has 0 saturated carbocycles. The fourth-order valence-electron chi connectivity index (χ4n) is 4.62. The zero-order valence-electron chi connectivity index (χ0n) is 18.3. The van der Waals surface area contributed by atoms with E-state index in [0.717, 1.165) is 38.5 Å². The summed E-state index contributed by atoms with van der Waals surface area (Å²) in [6.07, 6.45) is 0.313. The Bertz CT molecular complexity index is 1300. The predicted octanol–water partition coefficient (Wildman–Crippen LogP) is 4.55. The molecule has 1 aromatic heterocycles. The van der Waals surface area contributed by atoms with Gasteiger partial charge in [-0.3, -0.25) is 4.31 Å². The molecule has 1 heterocycles. The van der Waals surface area contributed by atoms with Gasteiger partial charge in [-0.2, -0.15) is 0 Å². The lowest BCUT2D eigenvalue weighted by Crippen LogP contribution is -2.39. The second kappa shape index (κ2) is 8.02. The van der Waals surface area contributed by atoms with Crippen molar-refractivity contribution in [2.24, 2.45) is 0 Å². The number of aliphatic hydroxyl groups excluding tert-OH is 1. The number of rotatable bonds is 6. The molecule has 0 fully saturated rings. The van der Waals surface area contributed by atoms with Crippen molar-refractivity contribution in [1.82, 2.24) is 4.57 Å². The molecular weight excluding hydrogens is 408 g/mol. The maximum atomic E-state index is 12.7. The Hall–Kier alpha value is -2.83. The number of benzene rings is 3. The second-order valence-corrected chi connectivity index (χ2v) is 10.2. The Kier molecular flexibility index (Phi) is 5.54. The highest BCUT2D eigenvalue weighted by atomic mass is 32.2. The maximum absolute atomic E-state index is 12.7. The lowest BCUT2D eigenvalue weighted by atomic mass is 10.0. The molecule has 0 amide bonds. The van der Waals surface area contributed by atoms with E-state index in [0.29, 0.717) is 12.2 Å². The number of anilines is 1. The van der Waals surface area contributed by atoms with Gasteiger partial charge in [-0.05, 0) is 44.0 Å². The summed E-state index contributed by atoms with van der Waals surface area (Å²) in [7, 11) is -3.57. The molecule has 0 aliphatic heterocycles. The molecule has 4 aromatic rings. The summed E-state index contributed by atoms with van der Waals surface area (Å²) >= 11 is 0. The van der Waals surface area contributed by atoms with E-state index in [1.807, 2.05) is 69.3 Å². The molecule has 162 valence electrons. The summed E-state index contributed by atoms with van der Waals surface area (Å²) in [6.45, 7) is 6.10. The Morgan fingerprint density at radius 2 is 1.39 bits per heavy atom. The van der Waals surface area contributed by atoms with E-state index in [2.05, 4.69) is 16.7 Å². The predicted molar refractivity (Wildman–Crippen MR) is 128 cm³/mol. The molecule has 6 heteroatoms. The van der Waals surface area contributed by atoms with Crippen molar-refractivity contribution in [3.63, 3.8) is 0 Å². The molecule has 0 spiro atoms. The molecule has 0 saturated heterocycles. The van der Waals surface area contributed by atoms with E-state index in [4.69, 9.17) is 0 Å². The van der Waals surface area contributed by atoms with Crippen LogP contribution in [0.5, 0.6) is 0 Å². The quantitative estimate of drug-likeness (QED) is 0.482. The fourth-order valence-corrected chi connectivity index (χ4v) is 5.68. The van der Waals surface area contributed by atoms with Crippen LogP contribution in [0, 0.1) is 20.8 Å². The normalized spacial score (nSPS) is 13.1. The average molecular weight is 437 g/mol. The Morgan fingerprint density at radius 1 is 0.903 bits per heavy atom. The number of aryl methyl sites for hydroxylation is 3. The Morgan fingerprint density at radius 3 is 1.87 bits per heavy atom. The number of nitrogens with zero attached hydrogens (tertiary/aromatic N) is 2. The zero-order valence-corrected chi connectivity index (χ0v) is 19.1. The monoisotopic (exact) mass is 436 g/mol. The number of aromatic nitrogens is 1. The minimum absolute atomic E-state index is 0.00952. The third-order valence-electron chi connectivity index (χ3n) is 5.73. The van der Waals surface area contributed by atoms with Gasteiger partial charge in [-0.15, -0.1) is 0 Å².